The minimum atomic E-state index is 0.0514. The molecule has 0 aliphatic carbocycles. The van der Waals surface area contributed by atoms with E-state index in [1.165, 1.54) is 18.4 Å². The first kappa shape index (κ1) is 15.5. The van der Waals surface area contributed by atoms with Crippen molar-refractivity contribution in [2.75, 3.05) is 19.6 Å². The Morgan fingerprint density at radius 2 is 1.91 bits per heavy atom. The van der Waals surface area contributed by atoms with Crippen molar-refractivity contribution in [1.82, 2.24) is 10.2 Å². The van der Waals surface area contributed by atoms with Crippen molar-refractivity contribution in [3.8, 4) is 0 Å². The number of hydrogen-bond acceptors (Lipinski definition) is 3. The van der Waals surface area contributed by atoms with Crippen molar-refractivity contribution in [3.63, 3.8) is 0 Å². The molecule has 2 fully saturated rings. The van der Waals surface area contributed by atoms with E-state index in [2.05, 4.69) is 17.4 Å². The van der Waals surface area contributed by atoms with Crippen LogP contribution in [0, 0.1) is 0 Å². The standard InChI is InChI=1S/C18H26N2O2/c21-18(17-8-4-5-11-19-17)20-12-9-16(10-13-20)22-14-15-6-2-1-3-7-15/h1-3,6-7,16-17,19H,4-5,8-14H2. The van der Waals surface area contributed by atoms with E-state index < -0.39 is 0 Å². The summed E-state index contributed by atoms with van der Waals surface area (Å²) in [5.41, 5.74) is 1.22. The SMILES string of the molecule is O=C(C1CCCCN1)N1CCC(OCc2ccccc2)CC1. The molecule has 0 aromatic heterocycles. The lowest BCUT2D eigenvalue weighted by atomic mass is 10.0. The summed E-state index contributed by atoms with van der Waals surface area (Å²) in [6.45, 7) is 3.31. The molecule has 4 nitrogen and oxygen atoms in total. The van der Waals surface area contributed by atoms with E-state index in [0.717, 1.165) is 38.9 Å². The van der Waals surface area contributed by atoms with Crippen molar-refractivity contribution in [1.29, 1.82) is 0 Å². The average molecular weight is 302 g/mol. The van der Waals surface area contributed by atoms with E-state index in [-0.39, 0.29) is 12.1 Å². The van der Waals surface area contributed by atoms with Gasteiger partial charge in [-0.2, -0.15) is 0 Å². The molecule has 3 rings (SSSR count). The van der Waals surface area contributed by atoms with E-state index in [9.17, 15) is 4.79 Å². The molecule has 0 saturated carbocycles. The summed E-state index contributed by atoms with van der Waals surface area (Å²) in [5, 5.41) is 3.35. The highest BCUT2D eigenvalue weighted by molar-refractivity contribution is 5.82. The normalized spacial score (nSPS) is 23.5. The third kappa shape index (κ3) is 4.08. The Morgan fingerprint density at radius 3 is 2.59 bits per heavy atom. The van der Waals surface area contributed by atoms with Gasteiger partial charge in [-0.3, -0.25) is 4.79 Å². The van der Waals surface area contributed by atoms with Gasteiger partial charge in [0.15, 0.2) is 0 Å². The lowest BCUT2D eigenvalue weighted by Gasteiger charge is -2.35. The molecular formula is C18H26N2O2. The van der Waals surface area contributed by atoms with Crippen LogP contribution in [0.5, 0.6) is 0 Å². The van der Waals surface area contributed by atoms with E-state index in [1.54, 1.807) is 0 Å². The van der Waals surface area contributed by atoms with Crippen LogP contribution in [0.2, 0.25) is 0 Å². The van der Waals surface area contributed by atoms with Crippen LogP contribution in [-0.2, 0) is 16.1 Å². The zero-order valence-corrected chi connectivity index (χ0v) is 13.2. The van der Waals surface area contributed by atoms with Gasteiger partial charge >= 0.3 is 0 Å². The first-order valence-electron chi connectivity index (χ1n) is 8.50. The smallest absolute Gasteiger partial charge is 0.239 e. The van der Waals surface area contributed by atoms with Gasteiger partial charge in [0.05, 0.1) is 18.8 Å². The van der Waals surface area contributed by atoms with Gasteiger partial charge in [-0.05, 0) is 37.8 Å². The van der Waals surface area contributed by atoms with Gasteiger partial charge in [-0.25, -0.2) is 0 Å². The molecule has 2 aliphatic heterocycles. The lowest BCUT2D eigenvalue weighted by Crippen LogP contribution is -2.51. The molecular weight excluding hydrogens is 276 g/mol. The van der Waals surface area contributed by atoms with Gasteiger partial charge in [-0.1, -0.05) is 36.8 Å². The largest absolute Gasteiger partial charge is 0.373 e. The Balaban J connectivity index is 1.41. The molecule has 0 spiro atoms. The van der Waals surface area contributed by atoms with Crippen LogP contribution < -0.4 is 5.32 Å². The minimum absolute atomic E-state index is 0.0514. The zero-order chi connectivity index (χ0) is 15.2. The number of rotatable bonds is 4. The second-order valence-electron chi connectivity index (χ2n) is 6.32. The number of amides is 1. The molecule has 1 N–H and O–H groups in total. The van der Waals surface area contributed by atoms with E-state index >= 15 is 0 Å². The van der Waals surface area contributed by atoms with Crippen LogP contribution in [0.3, 0.4) is 0 Å². The van der Waals surface area contributed by atoms with Gasteiger partial charge in [0.1, 0.15) is 0 Å². The maximum atomic E-state index is 12.5. The molecule has 2 heterocycles. The third-order valence-corrected chi connectivity index (χ3v) is 4.69. The Morgan fingerprint density at radius 1 is 1.14 bits per heavy atom. The molecule has 0 radical (unpaired) electrons. The van der Waals surface area contributed by atoms with Crippen LogP contribution in [0.1, 0.15) is 37.7 Å². The van der Waals surface area contributed by atoms with Crippen molar-refractivity contribution >= 4 is 5.91 Å². The molecule has 2 saturated heterocycles. The molecule has 1 unspecified atom stereocenters. The van der Waals surface area contributed by atoms with Gasteiger partial charge in [0.25, 0.3) is 0 Å². The molecule has 1 aromatic rings. The van der Waals surface area contributed by atoms with Gasteiger partial charge in [0.2, 0.25) is 5.91 Å². The number of benzene rings is 1. The summed E-state index contributed by atoms with van der Waals surface area (Å²) < 4.78 is 5.99. The Kier molecular flexibility index (Phi) is 5.46. The fourth-order valence-corrected chi connectivity index (χ4v) is 3.31. The first-order valence-corrected chi connectivity index (χ1v) is 8.50. The Labute approximate surface area is 132 Å². The van der Waals surface area contributed by atoms with E-state index in [1.807, 2.05) is 23.1 Å². The second-order valence-corrected chi connectivity index (χ2v) is 6.32. The molecule has 4 heteroatoms. The van der Waals surface area contributed by atoms with Gasteiger partial charge in [-0.15, -0.1) is 0 Å². The van der Waals surface area contributed by atoms with E-state index in [0.29, 0.717) is 12.5 Å². The topological polar surface area (TPSA) is 41.6 Å². The Hall–Kier alpha value is -1.39. The van der Waals surface area contributed by atoms with Crippen LogP contribution in [-0.4, -0.2) is 42.6 Å². The summed E-state index contributed by atoms with van der Waals surface area (Å²) in [6.07, 6.45) is 5.53. The summed E-state index contributed by atoms with van der Waals surface area (Å²) in [5.74, 6) is 0.293. The number of carbonyl (C=O) groups excluding carboxylic acids is 1. The number of carbonyl (C=O) groups is 1. The highest BCUT2D eigenvalue weighted by atomic mass is 16.5. The van der Waals surface area contributed by atoms with Crippen LogP contribution in [0.15, 0.2) is 30.3 Å². The maximum Gasteiger partial charge on any atom is 0.239 e. The van der Waals surface area contributed by atoms with Gasteiger partial charge in [0, 0.05) is 13.1 Å². The average Bonchev–Trinajstić information content (AvgIpc) is 2.61. The van der Waals surface area contributed by atoms with Crippen molar-refractivity contribution in [2.45, 2.75) is 50.9 Å². The summed E-state index contributed by atoms with van der Waals surface area (Å²) in [4.78, 5) is 14.5. The van der Waals surface area contributed by atoms with Crippen molar-refractivity contribution < 1.29 is 9.53 Å². The predicted octanol–water partition coefficient (Wildman–Crippen LogP) is 2.34. The lowest BCUT2D eigenvalue weighted by molar-refractivity contribution is -0.136. The molecule has 1 amide bonds. The molecule has 1 atom stereocenters. The molecule has 1 aromatic carbocycles. The van der Waals surface area contributed by atoms with Crippen LogP contribution in [0.25, 0.3) is 0 Å². The minimum Gasteiger partial charge on any atom is -0.373 e. The summed E-state index contributed by atoms with van der Waals surface area (Å²) >= 11 is 0. The number of ether oxygens (including phenoxy) is 1. The molecule has 0 bridgehead atoms. The van der Waals surface area contributed by atoms with Crippen molar-refractivity contribution in [3.05, 3.63) is 35.9 Å². The quantitative estimate of drug-likeness (QED) is 0.928. The Bertz CT molecular complexity index is 463. The second kappa shape index (κ2) is 7.75. The summed E-state index contributed by atoms with van der Waals surface area (Å²) in [6, 6.07) is 10.3. The monoisotopic (exact) mass is 302 g/mol. The summed E-state index contributed by atoms with van der Waals surface area (Å²) in [7, 11) is 0. The van der Waals surface area contributed by atoms with Crippen LogP contribution >= 0.6 is 0 Å². The molecule has 22 heavy (non-hydrogen) atoms. The maximum absolute atomic E-state index is 12.5. The predicted molar refractivity (Wildman–Crippen MR) is 86.5 cm³/mol. The number of likely N-dealkylation sites (tertiary alicyclic amines) is 1. The molecule has 2 aliphatic rings. The fourth-order valence-electron chi connectivity index (χ4n) is 3.31. The number of hydrogen-bond donors (Lipinski definition) is 1. The van der Waals surface area contributed by atoms with Crippen LogP contribution in [0.4, 0.5) is 0 Å². The number of piperidine rings is 2. The van der Waals surface area contributed by atoms with Crippen molar-refractivity contribution in [2.24, 2.45) is 0 Å². The molecule has 120 valence electrons. The zero-order valence-electron chi connectivity index (χ0n) is 13.2. The highest BCUT2D eigenvalue weighted by Crippen LogP contribution is 2.18. The van der Waals surface area contributed by atoms with Gasteiger partial charge < -0.3 is 15.0 Å². The number of nitrogens with one attached hydrogen (secondary N) is 1. The fraction of sp³-hybridized carbons (Fsp3) is 0.611. The number of nitrogens with zero attached hydrogens (tertiary/aromatic N) is 1. The van der Waals surface area contributed by atoms with E-state index in [4.69, 9.17) is 4.74 Å². The highest BCUT2D eigenvalue weighted by Gasteiger charge is 2.29. The first-order chi connectivity index (χ1) is 10.8. The third-order valence-electron chi connectivity index (χ3n) is 4.69.